The molecule has 0 aromatic heterocycles. The highest BCUT2D eigenvalue weighted by Crippen LogP contribution is 2.51. The first-order chi connectivity index (χ1) is 17.0. The molecule has 0 aliphatic rings. The van der Waals surface area contributed by atoms with Crippen molar-refractivity contribution in [1.29, 1.82) is 0 Å². The fraction of sp³-hybridized carbons (Fsp3) is 0.400. The fourth-order valence-electron chi connectivity index (χ4n) is 3.39. The maximum absolute atomic E-state index is 8.42. The van der Waals surface area contributed by atoms with Crippen LogP contribution in [-0.2, 0) is 18.5 Å². The van der Waals surface area contributed by atoms with E-state index in [1.807, 2.05) is 0 Å². The summed E-state index contributed by atoms with van der Waals surface area (Å²) in [5.41, 5.74) is 4.44. The van der Waals surface area contributed by atoms with Crippen molar-refractivity contribution in [2.75, 3.05) is 60.0 Å². The lowest BCUT2D eigenvalue weighted by molar-refractivity contribution is -0.479. The van der Waals surface area contributed by atoms with Gasteiger partial charge >= 0.3 is 0 Å². The van der Waals surface area contributed by atoms with E-state index in [2.05, 4.69) is 151 Å². The monoisotopic (exact) mass is 560 g/mol. The van der Waals surface area contributed by atoms with E-state index in [0.29, 0.717) is 0 Å². The van der Waals surface area contributed by atoms with Gasteiger partial charge in [0, 0.05) is 81.8 Å². The molecule has 3 aromatic carbocycles. The smallest absolute Gasteiger partial charge is 0.0834 e. The third kappa shape index (κ3) is 26.3. The molecule has 0 spiro atoms. The minimum absolute atomic E-state index is 0.638. The van der Waals surface area contributed by atoms with Gasteiger partial charge in [-0.05, 0) is 16.7 Å². The highest BCUT2D eigenvalue weighted by molar-refractivity contribution is 7.73. The van der Waals surface area contributed by atoms with Gasteiger partial charge in [0.1, 0.15) is 0 Å². The Bertz CT molecular complexity index is 810. The van der Waals surface area contributed by atoms with Crippen molar-refractivity contribution in [3.8, 4) is 0 Å². The standard InChI is InChI=1S/3C10H16P.BO3/c3*1-11(2,3)9-10-7-5-4-6-8-10;2-1(3)4/h3*4-8H,9H2,1-3H3;/q3*+1;-3. The molecule has 7 heteroatoms. The molecule has 0 saturated heterocycles. The summed E-state index contributed by atoms with van der Waals surface area (Å²) in [4.78, 5) is 0. The molecule has 0 aliphatic heterocycles. The fourth-order valence-corrected chi connectivity index (χ4v) is 7.31. The van der Waals surface area contributed by atoms with E-state index in [-0.39, 0.29) is 0 Å². The predicted octanol–water partition coefficient (Wildman–Crippen LogP) is 5.33. The Labute approximate surface area is 230 Å². The van der Waals surface area contributed by atoms with Gasteiger partial charge in [-0.25, -0.2) is 0 Å². The molecule has 0 saturated carbocycles. The first kappa shape index (κ1) is 35.9. The third-order valence-electron chi connectivity index (χ3n) is 4.50. The van der Waals surface area contributed by atoms with E-state index in [4.69, 9.17) is 15.1 Å². The molecule has 0 unspecified atom stereocenters. The van der Waals surface area contributed by atoms with Crippen LogP contribution in [0.15, 0.2) is 91.0 Å². The zero-order valence-electron chi connectivity index (χ0n) is 24.4. The van der Waals surface area contributed by atoms with Crippen LogP contribution in [-0.4, -0.2) is 67.3 Å². The summed E-state index contributed by atoms with van der Waals surface area (Å²) in [5, 5.41) is 25.2. The second-order valence-electron chi connectivity index (χ2n) is 12.1. The van der Waals surface area contributed by atoms with Gasteiger partial charge < -0.3 is 15.1 Å². The molecule has 37 heavy (non-hydrogen) atoms. The molecule has 0 bridgehead atoms. The summed E-state index contributed by atoms with van der Waals surface area (Å²) in [7, 11) is -4.83. The lowest BCUT2D eigenvalue weighted by Gasteiger charge is -2.35. The first-order valence-electron chi connectivity index (χ1n) is 12.5. The van der Waals surface area contributed by atoms with Crippen LogP contribution in [0, 0.1) is 0 Å². The maximum atomic E-state index is 8.42. The van der Waals surface area contributed by atoms with Crippen LogP contribution in [0.2, 0.25) is 0 Å². The minimum Gasteiger partial charge on any atom is -0.907 e. The van der Waals surface area contributed by atoms with Gasteiger partial charge in [0.15, 0.2) is 0 Å². The minimum atomic E-state index is -2.92. The summed E-state index contributed by atoms with van der Waals surface area (Å²) in [6, 6.07) is 32.2. The molecule has 0 amide bonds. The molecular weight excluding hydrogens is 512 g/mol. The Kier molecular flexibility index (Phi) is 17.7. The van der Waals surface area contributed by atoms with Crippen molar-refractivity contribution in [1.82, 2.24) is 0 Å². The van der Waals surface area contributed by atoms with E-state index in [9.17, 15) is 0 Å². The topological polar surface area (TPSA) is 69.2 Å². The average molecular weight is 560 g/mol. The van der Waals surface area contributed by atoms with Gasteiger partial charge in [0.2, 0.25) is 0 Å². The van der Waals surface area contributed by atoms with Crippen LogP contribution >= 0.6 is 21.8 Å². The Balaban J connectivity index is 0.000000490. The molecule has 0 heterocycles. The van der Waals surface area contributed by atoms with Crippen LogP contribution in [0.25, 0.3) is 0 Å². The number of hydrogen-bond donors (Lipinski definition) is 0. The first-order valence-corrected chi connectivity index (χ1v) is 22.4. The Morgan fingerprint density at radius 2 is 0.568 bits per heavy atom. The molecule has 0 radical (unpaired) electrons. The van der Waals surface area contributed by atoms with Crippen LogP contribution in [0.1, 0.15) is 16.7 Å². The van der Waals surface area contributed by atoms with Gasteiger partial charge in [-0.1, -0.05) is 91.0 Å². The quantitative estimate of drug-likeness (QED) is 0.302. The molecule has 204 valence electrons. The van der Waals surface area contributed by atoms with Crippen molar-refractivity contribution >= 4 is 29.1 Å². The molecule has 0 atom stereocenters. The van der Waals surface area contributed by atoms with Gasteiger partial charge in [-0.15, -0.1) is 0 Å². The molecule has 3 aromatic rings. The van der Waals surface area contributed by atoms with Crippen molar-refractivity contribution in [3.05, 3.63) is 108 Å². The van der Waals surface area contributed by atoms with Crippen LogP contribution in [0.4, 0.5) is 0 Å². The summed E-state index contributed by atoms with van der Waals surface area (Å²) in [6.45, 7) is 21.4. The number of benzene rings is 3. The Morgan fingerprint density at radius 3 is 0.703 bits per heavy atom. The zero-order chi connectivity index (χ0) is 28.5. The van der Waals surface area contributed by atoms with Gasteiger partial charge in [0.25, 0.3) is 0 Å². The van der Waals surface area contributed by atoms with Gasteiger partial charge in [-0.3, -0.25) is 7.32 Å². The molecule has 0 fully saturated rings. The summed E-state index contributed by atoms with van der Waals surface area (Å²) in [5.74, 6) is 0. The van der Waals surface area contributed by atoms with E-state index in [1.54, 1.807) is 0 Å². The lowest BCUT2D eigenvalue weighted by Crippen LogP contribution is -2.56. The van der Waals surface area contributed by atoms with Gasteiger partial charge in [-0.2, -0.15) is 0 Å². The molecule has 3 rings (SSSR count). The van der Waals surface area contributed by atoms with Crippen LogP contribution in [0.3, 0.4) is 0 Å². The summed E-state index contributed by atoms with van der Waals surface area (Å²) in [6.07, 6.45) is 3.82. The molecule has 3 nitrogen and oxygen atoms in total. The second-order valence-corrected chi connectivity index (χ2v) is 26.8. The average Bonchev–Trinajstić information content (AvgIpc) is 2.73. The summed E-state index contributed by atoms with van der Waals surface area (Å²) < 4.78 is 0. The van der Waals surface area contributed by atoms with E-state index in [1.165, 1.54) is 35.2 Å². The zero-order valence-corrected chi connectivity index (χ0v) is 27.1. The molecule has 0 aliphatic carbocycles. The SMILES string of the molecule is C[P+](C)(C)Cc1ccccc1.C[P+](C)(C)Cc1ccccc1.C[P+](C)(C)Cc1ccccc1.[O-]B([O-])[O-]. The van der Waals surface area contributed by atoms with Crippen molar-refractivity contribution in [2.24, 2.45) is 0 Å². The van der Waals surface area contributed by atoms with Crippen molar-refractivity contribution < 1.29 is 15.1 Å². The van der Waals surface area contributed by atoms with E-state index in [0.717, 1.165) is 0 Å². The Morgan fingerprint density at radius 1 is 0.405 bits per heavy atom. The van der Waals surface area contributed by atoms with E-state index >= 15 is 0 Å². The van der Waals surface area contributed by atoms with Crippen molar-refractivity contribution in [3.63, 3.8) is 0 Å². The summed E-state index contributed by atoms with van der Waals surface area (Å²) >= 11 is 0. The predicted molar refractivity (Wildman–Crippen MR) is 170 cm³/mol. The maximum Gasteiger partial charge on any atom is 0.0834 e. The molecule has 0 N–H and O–H groups in total. The van der Waals surface area contributed by atoms with Gasteiger partial charge in [0.05, 0.1) is 18.5 Å². The molecular formula is C30H48BO3P3. The number of rotatable bonds is 6. The van der Waals surface area contributed by atoms with Crippen molar-refractivity contribution in [2.45, 2.75) is 18.5 Å². The normalized spacial score (nSPS) is 11.0. The van der Waals surface area contributed by atoms with E-state index < -0.39 is 29.1 Å². The highest BCUT2D eigenvalue weighted by Gasteiger charge is 2.18. The third-order valence-corrected chi connectivity index (χ3v) is 8.44. The number of hydrogen-bond acceptors (Lipinski definition) is 3. The highest BCUT2D eigenvalue weighted by atomic mass is 31.2. The Hall–Kier alpha value is -1.11. The van der Waals surface area contributed by atoms with Crippen LogP contribution < -0.4 is 15.1 Å². The van der Waals surface area contributed by atoms with Crippen LogP contribution in [0.5, 0.6) is 0 Å². The second kappa shape index (κ2) is 18.2. The largest absolute Gasteiger partial charge is 0.907 e. The lowest BCUT2D eigenvalue weighted by atomic mass is 10.2.